The normalized spacial score (nSPS) is 11.2. The topological polar surface area (TPSA) is 49.6 Å². The first kappa shape index (κ1) is 15.2. The number of nitrogens with zero attached hydrogens (tertiary/aromatic N) is 3. The third-order valence-electron chi connectivity index (χ3n) is 3.12. The van der Waals surface area contributed by atoms with Crippen LogP contribution in [0.2, 0.25) is 0 Å². The summed E-state index contributed by atoms with van der Waals surface area (Å²) in [7, 11) is 0. The summed E-state index contributed by atoms with van der Waals surface area (Å²) in [4.78, 5) is 8.22. The van der Waals surface area contributed by atoms with Crippen molar-refractivity contribution in [3.63, 3.8) is 0 Å². The molecule has 23 heavy (non-hydrogen) atoms. The Morgan fingerprint density at radius 3 is 2.30 bits per heavy atom. The molecule has 0 aliphatic carbocycles. The molecular formula is C16H8F3N3S. The number of hydrogen-bond donors (Lipinski definition) is 0. The van der Waals surface area contributed by atoms with E-state index < -0.39 is 11.7 Å². The molecular weight excluding hydrogens is 323 g/mol. The Morgan fingerprint density at radius 2 is 1.74 bits per heavy atom. The average molecular weight is 331 g/mol. The van der Waals surface area contributed by atoms with Crippen molar-refractivity contribution in [2.45, 2.75) is 6.18 Å². The summed E-state index contributed by atoms with van der Waals surface area (Å²) in [6.07, 6.45) is -3.60. The molecule has 0 saturated carbocycles. The number of rotatable bonds is 2. The first-order valence-electron chi connectivity index (χ1n) is 6.47. The zero-order valence-electron chi connectivity index (χ0n) is 11.5. The highest BCUT2D eigenvalue weighted by atomic mass is 32.1. The predicted octanol–water partition coefficient (Wildman–Crippen LogP) is 4.76. The van der Waals surface area contributed by atoms with Gasteiger partial charge in [-0.1, -0.05) is 12.1 Å². The van der Waals surface area contributed by atoms with Crippen molar-refractivity contribution in [2.75, 3.05) is 0 Å². The lowest BCUT2D eigenvalue weighted by molar-refractivity contribution is -0.137. The highest BCUT2D eigenvalue weighted by Crippen LogP contribution is 2.31. The van der Waals surface area contributed by atoms with Gasteiger partial charge in [-0.25, -0.2) is 4.98 Å². The molecule has 0 aliphatic rings. The molecule has 7 heteroatoms. The van der Waals surface area contributed by atoms with Gasteiger partial charge in [0.05, 0.1) is 28.6 Å². The van der Waals surface area contributed by atoms with Crippen molar-refractivity contribution in [3.05, 3.63) is 59.1 Å². The zero-order valence-corrected chi connectivity index (χ0v) is 12.3. The van der Waals surface area contributed by atoms with E-state index in [4.69, 9.17) is 5.26 Å². The van der Waals surface area contributed by atoms with E-state index >= 15 is 0 Å². The molecule has 3 rings (SSSR count). The summed E-state index contributed by atoms with van der Waals surface area (Å²) in [5, 5.41) is 11.1. The number of halogens is 3. The maximum absolute atomic E-state index is 12.5. The van der Waals surface area contributed by atoms with Gasteiger partial charge in [0.1, 0.15) is 5.01 Å². The second-order valence-electron chi connectivity index (χ2n) is 4.66. The number of nitriles is 1. The van der Waals surface area contributed by atoms with Crippen LogP contribution in [-0.4, -0.2) is 9.97 Å². The van der Waals surface area contributed by atoms with Crippen LogP contribution in [0.15, 0.2) is 48.0 Å². The van der Waals surface area contributed by atoms with E-state index in [9.17, 15) is 13.2 Å². The zero-order chi connectivity index (χ0) is 16.4. The number of pyridine rings is 1. The SMILES string of the molecule is N#Cc1ccc(-c2csc(-c3ccc(C(F)(F)F)cn3)n2)cc1. The molecule has 0 aliphatic heterocycles. The van der Waals surface area contributed by atoms with Gasteiger partial charge in [0.15, 0.2) is 0 Å². The van der Waals surface area contributed by atoms with Gasteiger partial charge >= 0.3 is 6.18 Å². The summed E-state index contributed by atoms with van der Waals surface area (Å²) in [5.41, 5.74) is 1.68. The minimum Gasteiger partial charge on any atom is -0.253 e. The van der Waals surface area contributed by atoms with E-state index in [1.165, 1.54) is 17.4 Å². The van der Waals surface area contributed by atoms with Gasteiger partial charge in [0.25, 0.3) is 0 Å². The van der Waals surface area contributed by atoms with Crippen LogP contribution in [0.4, 0.5) is 13.2 Å². The van der Waals surface area contributed by atoms with Crippen LogP contribution in [0.25, 0.3) is 22.0 Å². The second-order valence-corrected chi connectivity index (χ2v) is 5.52. The first-order valence-corrected chi connectivity index (χ1v) is 7.35. The number of aromatic nitrogens is 2. The molecule has 2 aromatic heterocycles. The smallest absolute Gasteiger partial charge is 0.253 e. The molecule has 0 fully saturated rings. The van der Waals surface area contributed by atoms with Crippen molar-refractivity contribution in [1.29, 1.82) is 5.26 Å². The van der Waals surface area contributed by atoms with Gasteiger partial charge in [0.2, 0.25) is 0 Å². The summed E-state index contributed by atoms with van der Waals surface area (Å²) in [5.74, 6) is 0. The Bertz CT molecular complexity index is 859. The Balaban J connectivity index is 1.88. The summed E-state index contributed by atoms with van der Waals surface area (Å²) < 4.78 is 37.6. The van der Waals surface area contributed by atoms with Crippen molar-refractivity contribution in [2.24, 2.45) is 0 Å². The van der Waals surface area contributed by atoms with Crippen molar-refractivity contribution < 1.29 is 13.2 Å². The van der Waals surface area contributed by atoms with E-state index in [1.807, 2.05) is 6.07 Å². The van der Waals surface area contributed by atoms with Gasteiger partial charge in [-0.3, -0.25) is 4.98 Å². The van der Waals surface area contributed by atoms with Crippen molar-refractivity contribution in [3.8, 4) is 28.0 Å². The van der Waals surface area contributed by atoms with E-state index in [0.717, 1.165) is 17.8 Å². The molecule has 0 spiro atoms. The van der Waals surface area contributed by atoms with E-state index in [-0.39, 0.29) is 0 Å². The second kappa shape index (κ2) is 5.82. The first-order chi connectivity index (χ1) is 11.0. The fourth-order valence-electron chi connectivity index (χ4n) is 1.93. The molecule has 0 bridgehead atoms. The monoisotopic (exact) mass is 331 g/mol. The lowest BCUT2D eigenvalue weighted by Gasteiger charge is -2.05. The van der Waals surface area contributed by atoms with Crippen LogP contribution in [0, 0.1) is 11.3 Å². The predicted molar refractivity (Wildman–Crippen MR) is 80.5 cm³/mol. The lowest BCUT2D eigenvalue weighted by Crippen LogP contribution is -2.05. The largest absolute Gasteiger partial charge is 0.417 e. The van der Waals surface area contributed by atoms with E-state index in [1.54, 1.807) is 29.6 Å². The average Bonchev–Trinajstić information content (AvgIpc) is 3.04. The maximum Gasteiger partial charge on any atom is 0.417 e. The Morgan fingerprint density at radius 1 is 1.00 bits per heavy atom. The minimum atomic E-state index is -4.40. The van der Waals surface area contributed by atoms with Gasteiger partial charge in [-0.2, -0.15) is 18.4 Å². The molecule has 0 N–H and O–H groups in total. The van der Waals surface area contributed by atoms with Crippen molar-refractivity contribution >= 4 is 11.3 Å². The Labute approximate surface area is 133 Å². The van der Waals surface area contributed by atoms with Crippen LogP contribution >= 0.6 is 11.3 Å². The van der Waals surface area contributed by atoms with Gasteiger partial charge in [-0.05, 0) is 24.3 Å². The van der Waals surface area contributed by atoms with Gasteiger partial charge in [-0.15, -0.1) is 11.3 Å². The molecule has 0 radical (unpaired) electrons. The lowest BCUT2D eigenvalue weighted by atomic mass is 10.1. The quantitative estimate of drug-likeness (QED) is 0.680. The van der Waals surface area contributed by atoms with Crippen LogP contribution in [-0.2, 0) is 6.18 Å². The van der Waals surface area contributed by atoms with Crippen LogP contribution in [0.3, 0.4) is 0 Å². The number of benzene rings is 1. The standard InChI is InChI=1S/C16H8F3N3S/c17-16(18,19)12-5-6-13(21-8-12)15-22-14(9-23-15)11-3-1-10(7-20)2-4-11/h1-6,8-9H. The third-order valence-corrected chi connectivity index (χ3v) is 3.99. The minimum absolute atomic E-state index is 0.392. The summed E-state index contributed by atoms with van der Waals surface area (Å²) >= 11 is 1.30. The summed E-state index contributed by atoms with van der Waals surface area (Å²) in [6.45, 7) is 0. The fourth-order valence-corrected chi connectivity index (χ4v) is 2.73. The maximum atomic E-state index is 12.5. The third kappa shape index (κ3) is 3.22. The van der Waals surface area contributed by atoms with E-state index in [0.29, 0.717) is 22.0 Å². The van der Waals surface area contributed by atoms with Crippen molar-refractivity contribution in [1.82, 2.24) is 9.97 Å². The highest BCUT2D eigenvalue weighted by molar-refractivity contribution is 7.13. The van der Waals surface area contributed by atoms with Crippen LogP contribution in [0.5, 0.6) is 0 Å². The fraction of sp³-hybridized carbons (Fsp3) is 0.0625. The van der Waals surface area contributed by atoms with Gasteiger partial charge < -0.3 is 0 Å². The number of hydrogen-bond acceptors (Lipinski definition) is 4. The summed E-state index contributed by atoms with van der Waals surface area (Å²) in [6, 6.07) is 11.3. The van der Waals surface area contributed by atoms with Gasteiger partial charge in [0, 0.05) is 17.1 Å². The van der Waals surface area contributed by atoms with E-state index in [2.05, 4.69) is 9.97 Å². The molecule has 3 aromatic rings. The molecule has 114 valence electrons. The molecule has 0 amide bonds. The number of thiazole rings is 1. The number of alkyl halides is 3. The molecule has 3 nitrogen and oxygen atoms in total. The Kier molecular flexibility index (Phi) is 3.84. The van der Waals surface area contributed by atoms with Crippen LogP contribution < -0.4 is 0 Å². The molecule has 0 saturated heterocycles. The molecule has 1 aromatic carbocycles. The molecule has 0 unspecified atom stereocenters. The molecule has 0 atom stereocenters. The van der Waals surface area contributed by atoms with Crippen LogP contribution in [0.1, 0.15) is 11.1 Å². The Hall–Kier alpha value is -2.72. The molecule has 2 heterocycles. The highest BCUT2D eigenvalue weighted by Gasteiger charge is 2.30.